The third-order valence-corrected chi connectivity index (χ3v) is 2.75. The summed E-state index contributed by atoms with van der Waals surface area (Å²) >= 11 is 0. The number of allylic oxidation sites excluding steroid dienone is 2. The third-order valence-electron chi connectivity index (χ3n) is 2.75. The Kier molecular flexibility index (Phi) is 3.15. The van der Waals surface area contributed by atoms with Gasteiger partial charge in [0.1, 0.15) is 0 Å². The van der Waals surface area contributed by atoms with Crippen LogP contribution in [0.5, 0.6) is 0 Å². The van der Waals surface area contributed by atoms with E-state index in [1.807, 2.05) is 5.01 Å². The largest absolute Gasteiger partial charge is 0.315 e. The highest BCUT2D eigenvalue weighted by Gasteiger charge is 2.18. The van der Waals surface area contributed by atoms with Crippen LogP contribution in [0.15, 0.2) is 11.3 Å². The van der Waals surface area contributed by atoms with Crippen LogP contribution in [0, 0.1) is 5.92 Å². The first-order valence-corrected chi connectivity index (χ1v) is 4.86. The molecule has 0 aromatic carbocycles. The maximum absolute atomic E-state index is 5.92. The fraction of sp³-hybridized carbons (Fsp3) is 0.800. The number of nitrogens with two attached hydrogens (primary N) is 1. The van der Waals surface area contributed by atoms with Gasteiger partial charge in [-0.15, -0.1) is 0 Å². The van der Waals surface area contributed by atoms with Gasteiger partial charge in [0, 0.05) is 12.2 Å². The fourth-order valence-corrected chi connectivity index (χ4v) is 1.73. The molecule has 1 atom stereocenters. The first kappa shape index (κ1) is 9.59. The first-order valence-electron chi connectivity index (χ1n) is 4.86. The standard InChI is InChI=1S/C10H20N2/c1-4-9(3)10-6-5-8(2)7-12(10)11/h8H,4-7,11H2,1-3H3/b10-9+. The topological polar surface area (TPSA) is 29.3 Å². The Morgan fingerprint density at radius 2 is 2.33 bits per heavy atom. The van der Waals surface area contributed by atoms with E-state index in [0.717, 1.165) is 25.3 Å². The SMILES string of the molecule is CC/C(C)=C1\CCC(C)CN1N. The molecule has 70 valence electrons. The minimum atomic E-state index is 0.753. The van der Waals surface area contributed by atoms with E-state index < -0.39 is 0 Å². The number of rotatable bonds is 1. The molecule has 2 N–H and O–H groups in total. The summed E-state index contributed by atoms with van der Waals surface area (Å²) in [5.41, 5.74) is 2.82. The highest BCUT2D eigenvalue weighted by molar-refractivity contribution is 5.11. The van der Waals surface area contributed by atoms with Gasteiger partial charge >= 0.3 is 0 Å². The molecular weight excluding hydrogens is 148 g/mol. The van der Waals surface area contributed by atoms with E-state index in [2.05, 4.69) is 20.8 Å². The van der Waals surface area contributed by atoms with Crippen LogP contribution in [-0.2, 0) is 0 Å². The van der Waals surface area contributed by atoms with Crippen molar-refractivity contribution >= 4 is 0 Å². The van der Waals surface area contributed by atoms with E-state index in [1.165, 1.54) is 17.7 Å². The number of hydrogen-bond donors (Lipinski definition) is 1. The Hall–Kier alpha value is -0.500. The Morgan fingerprint density at radius 1 is 1.67 bits per heavy atom. The summed E-state index contributed by atoms with van der Waals surface area (Å²) in [5.74, 6) is 6.67. The first-order chi connectivity index (χ1) is 5.65. The Bertz CT molecular complexity index is 184. The number of piperidine rings is 1. The van der Waals surface area contributed by atoms with Crippen molar-refractivity contribution in [3.8, 4) is 0 Å². The molecule has 1 heterocycles. The molecule has 1 saturated heterocycles. The lowest BCUT2D eigenvalue weighted by Crippen LogP contribution is -2.38. The minimum Gasteiger partial charge on any atom is -0.315 e. The van der Waals surface area contributed by atoms with Crippen molar-refractivity contribution in [3.63, 3.8) is 0 Å². The van der Waals surface area contributed by atoms with Crippen LogP contribution in [0.3, 0.4) is 0 Å². The molecular formula is C10H20N2. The summed E-state index contributed by atoms with van der Waals surface area (Å²) in [7, 11) is 0. The molecule has 2 nitrogen and oxygen atoms in total. The highest BCUT2D eigenvalue weighted by atomic mass is 15.4. The molecule has 2 heteroatoms. The molecule has 0 bridgehead atoms. The van der Waals surface area contributed by atoms with Gasteiger partial charge < -0.3 is 5.01 Å². The molecule has 0 spiro atoms. The lowest BCUT2D eigenvalue weighted by Gasteiger charge is -2.32. The van der Waals surface area contributed by atoms with Crippen molar-refractivity contribution in [1.29, 1.82) is 0 Å². The Morgan fingerprint density at radius 3 is 2.83 bits per heavy atom. The molecule has 0 saturated carbocycles. The third kappa shape index (κ3) is 2.01. The van der Waals surface area contributed by atoms with Crippen molar-refractivity contribution in [2.24, 2.45) is 11.8 Å². The maximum atomic E-state index is 5.92. The van der Waals surface area contributed by atoms with Crippen molar-refractivity contribution in [2.45, 2.75) is 40.0 Å². The number of hydrogen-bond acceptors (Lipinski definition) is 2. The van der Waals surface area contributed by atoms with Crippen LogP contribution in [0.1, 0.15) is 40.0 Å². The molecule has 12 heavy (non-hydrogen) atoms. The highest BCUT2D eigenvalue weighted by Crippen LogP contribution is 2.25. The second-order valence-corrected chi connectivity index (χ2v) is 3.88. The van der Waals surface area contributed by atoms with Crippen molar-refractivity contribution in [1.82, 2.24) is 5.01 Å². The summed E-state index contributed by atoms with van der Waals surface area (Å²) < 4.78 is 0. The average molecular weight is 168 g/mol. The predicted octanol–water partition coefficient (Wildman–Crippen LogP) is 2.28. The maximum Gasteiger partial charge on any atom is 0.0364 e. The van der Waals surface area contributed by atoms with Gasteiger partial charge in [0.15, 0.2) is 0 Å². The molecule has 0 aromatic heterocycles. The van der Waals surface area contributed by atoms with Crippen LogP contribution in [-0.4, -0.2) is 11.6 Å². The van der Waals surface area contributed by atoms with Crippen LogP contribution in [0.2, 0.25) is 0 Å². The van der Waals surface area contributed by atoms with Gasteiger partial charge in [-0.05, 0) is 32.1 Å². The van der Waals surface area contributed by atoms with Gasteiger partial charge in [0.25, 0.3) is 0 Å². The van der Waals surface area contributed by atoms with Gasteiger partial charge in [0.2, 0.25) is 0 Å². The summed E-state index contributed by atoms with van der Waals surface area (Å²) in [6.07, 6.45) is 3.58. The zero-order valence-corrected chi connectivity index (χ0v) is 8.43. The van der Waals surface area contributed by atoms with E-state index >= 15 is 0 Å². The number of nitrogens with zero attached hydrogens (tertiary/aromatic N) is 1. The second kappa shape index (κ2) is 3.94. The van der Waals surface area contributed by atoms with Gasteiger partial charge in [-0.3, -0.25) is 0 Å². The van der Waals surface area contributed by atoms with Gasteiger partial charge in [-0.1, -0.05) is 19.4 Å². The lowest BCUT2D eigenvalue weighted by molar-refractivity contribution is 0.239. The summed E-state index contributed by atoms with van der Waals surface area (Å²) in [5, 5.41) is 1.94. The molecule has 1 rings (SSSR count). The monoisotopic (exact) mass is 168 g/mol. The molecule has 1 fully saturated rings. The molecule has 0 aliphatic carbocycles. The Labute approximate surface area is 75.4 Å². The molecule has 0 radical (unpaired) electrons. The van der Waals surface area contributed by atoms with Crippen LogP contribution >= 0.6 is 0 Å². The number of hydrazine groups is 1. The normalized spacial score (nSPS) is 29.0. The second-order valence-electron chi connectivity index (χ2n) is 3.88. The van der Waals surface area contributed by atoms with Crippen molar-refractivity contribution in [3.05, 3.63) is 11.3 Å². The summed E-state index contributed by atoms with van der Waals surface area (Å²) in [6, 6.07) is 0. The van der Waals surface area contributed by atoms with Crippen LogP contribution in [0.4, 0.5) is 0 Å². The molecule has 1 unspecified atom stereocenters. The zero-order chi connectivity index (χ0) is 9.14. The van der Waals surface area contributed by atoms with Crippen molar-refractivity contribution in [2.75, 3.05) is 6.54 Å². The van der Waals surface area contributed by atoms with Gasteiger partial charge in [-0.25, -0.2) is 5.84 Å². The van der Waals surface area contributed by atoms with Crippen molar-refractivity contribution < 1.29 is 0 Å². The fourth-order valence-electron chi connectivity index (χ4n) is 1.73. The van der Waals surface area contributed by atoms with E-state index in [0.29, 0.717) is 0 Å². The smallest absolute Gasteiger partial charge is 0.0364 e. The molecule has 0 amide bonds. The zero-order valence-electron chi connectivity index (χ0n) is 8.43. The summed E-state index contributed by atoms with van der Waals surface area (Å²) in [4.78, 5) is 0. The molecule has 1 aliphatic heterocycles. The van der Waals surface area contributed by atoms with Crippen LogP contribution < -0.4 is 5.84 Å². The summed E-state index contributed by atoms with van der Waals surface area (Å²) in [6.45, 7) is 7.66. The molecule has 0 aromatic rings. The van der Waals surface area contributed by atoms with Gasteiger partial charge in [0.05, 0.1) is 0 Å². The van der Waals surface area contributed by atoms with Crippen LogP contribution in [0.25, 0.3) is 0 Å². The molecule has 1 aliphatic rings. The van der Waals surface area contributed by atoms with E-state index in [1.54, 1.807) is 0 Å². The van der Waals surface area contributed by atoms with E-state index in [4.69, 9.17) is 5.84 Å². The minimum absolute atomic E-state index is 0.753. The average Bonchev–Trinajstić information content (AvgIpc) is 2.03. The quantitative estimate of drug-likeness (QED) is 0.609. The lowest BCUT2D eigenvalue weighted by atomic mass is 9.96. The van der Waals surface area contributed by atoms with Gasteiger partial charge in [-0.2, -0.15) is 0 Å². The van der Waals surface area contributed by atoms with E-state index in [9.17, 15) is 0 Å². The van der Waals surface area contributed by atoms with E-state index in [-0.39, 0.29) is 0 Å². The Balaban J connectivity index is 2.68. The predicted molar refractivity (Wildman–Crippen MR) is 52.3 cm³/mol.